The molecule has 8 heteroatoms. The van der Waals surface area contributed by atoms with Gasteiger partial charge in [-0.05, 0) is 19.1 Å². The van der Waals surface area contributed by atoms with Crippen molar-refractivity contribution in [3.63, 3.8) is 0 Å². The van der Waals surface area contributed by atoms with Crippen LogP contribution in [0.3, 0.4) is 0 Å². The van der Waals surface area contributed by atoms with E-state index < -0.39 is 0 Å². The molecule has 0 aliphatic carbocycles. The number of anilines is 1. The lowest BCUT2D eigenvalue weighted by molar-refractivity contribution is -0.122. The second-order valence-electron chi connectivity index (χ2n) is 4.36. The summed E-state index contributed by atoms with van der Waals surface area (Å²) in [5.74, 6) is 6.20. The number of thiocarbonyl (C=S) groups is 1. The molecule has 2 aliphatic rings. The van der Waals surface area contributed by atoms with Gasteiger partial charge in [0.1, 0.15) is 15.7 Å². The topological polar surface area (TPSA) is 58.8 Å². The van der Waals surface area contributed by atoms with Gasteiger partial charge in [0.05, 0.1) is 12.8 Å². The highest BCUT2D eigenvalue weighted by Crippen LogP contribution is 2.51. The maximum absolute atomic E-state index is 12.2. The third-order valence-corrected chi connectivity index (χ3v) is 5.92. The van der Waals surface area contributed by atoms with E-state index in [0.717, 1.165) is 32.9 Å². The van der Waals surface area contributed by atoms with Gasteiger partial charge < -0.3 is 9.64 Å². The number of thioether (sulfide) groups is 2. The van der Waals surface area contributed by atoms with Crippen molar-refractivity contribution >= 4 is 51.7 Å². The minimum atomic E-state index is -0.245. The van der Waals surface area contributed by atoms with Gasteiger partial charge in [-0.3, -0.25) is 4.79 Å². The zero-order valence-corrected chi connectivity index (χ0v) is 13.9. The van der Waals surface area contributed by atoms with Crippen molar-refractivity contribution < 1.29 is 9.53 Å². The number of hydrogen-bond donors (Lipinski definition) is 1. The molecule has 3 rings (SSSR count). The third-order valence-electron chi connectivity index (χ3n) is 3.22. The van der Waals surface area contributed by atoms with E-state index in [1.54, 1.807) is 18.9 Å². The van der Waals surface area contributed by atoms with Crippen molar-refractivity contribution in [1.29, 1.82) is 0 Å². The average molecular weight is 339 g/mol. The van der Waals surface area contributed by atoms with Crippen LogP contribution in [0, 0.1) is 0 Å². The highest BCUT2D eigenvalue weighted by atomic mass is 32.2. The number of methoxy groups -OCH3 is 1. The molecule has 110 valence electrons. The van der Waals surface area contributed by atoms with E-state index in [9.17, 15) is 4.79 Å². The number of fused-ring (bicyclic) bond motifs is 1. The van der Waals surface area contributed by atoms with Crippen LogP contribution < -0.4 is 15.5 Å². The van der Waals surface area contributed by atoms with Gasteiger partial charge in [-0.1, -0.05) is 35.7 Å². The van der Waals surface area contributed by atoms with E-state index >= 15 is 0 Å². The summed E-state index contributed by atoms with van der Waals surface area (Å²) < 4.78 is 5.66. The van der Waals surface area contributed by atoms with Crippen LogP contribution >= 0.6 is 35.7 Å². The molecule has 2 heterocycles. The fraction of sp³-hybridized carbons (Fsp3) is 0.231. The molecule has 1 aromatic rings. The van der Waals surface area contributed by atoms with E-state index in [0.29, 0.717) is 9.23 Å². The van der Waals surface area contributed by atoms with Crippen LogP contribution in [0.1, 0.15) is 6.92 Å². The molecule has 0 spiro atoms. The Morgan fingerprint density at radius 3 is 2.71 bits per heavy atom. The van der Waals surface area contributed by atoms with Gasteiger partial charge in [0.15, 0.2) is 4.32 Å². The van der Waals surface area contributed by atoms with E-state index in [-0.39, 0.29) is 5.91 Å². The van der Waals surface area contributed by atoms with Crippen LogP contribution in [0.5, 0.6) is 5.75 Å². The summed E-state index contributed by atoms with van der Waals surface area (Å²) in [7, 11) is 1.64. The summed E-state index contributed by atoms with van der Waals surface area (Å²) in [5.41, 5.74) is 1.04. The lowest BCUT2D eigenvalue weighted by atomic mass is 10.2. The summed E-state index contributed by atoms with van der Waals surface area (Å²) in [6, 6.07) is 5.89. The van der Waals surface area contributed by atoms with Gasteiger partial charge in [-0.25, -0.2) is 10.9 Å². The highest BCUT2D eigenvalue weighted by molar-refractivity contribution is 8.27. The number of carbonyl (C=O) groups excluding carboxylic acids is 1. The molecule has 0 saturated carbocycles. The second-order valence-corrected chi connectivity index (χ2v) is 7.03. The van der Waals surface area contributed by atoms with Gasteiger partial charge in [-0.2, -0.15) is 0 Å². The Hall–Kier alpha value is -1.22. The Labute approximate surface area is 136 Å². The Morgan fingerprint density at radius 2 is 2.14 bits per heavy atom. The van der Waals surface area contributed by atoms with Gasteiger partial charge in [0, 0.05) is 17.5 Å². The predicted molar refractivity (Wildman–Crippen MR) is 90.1 cm³/mol. The van der Waals surface area contributed by atoms with Crippen LogP contribution in [-0.4, -0.2) is 28.9 Å². The molecule has 2 aliphatic heterocycles. The first-order chi connectivity index (χ1) is 10.1. The minimum absolute atomic E-state index is 0.245. The second kappa shape index (κ2) is 5.53. The number of nitrogens with zero attached hydrogens (tertiary/aromatic N) is 2. The molecular weight excluding hydrogens is 326 g/mol. The van der Waals surface area contributed by atoms with Gasteiger partial charge >= 0.3 is 0 Å². The number of hydrogen-bond acceptors (Lipinski definition) is 7. The maximum Gasteiger partial charge on any atom is 0.283 e. The maximum atomic E-state index is 12.2. The number of nitrogens with two attached hydrogens (primary N) is 1. The number of rotatable bonds is 2. The molecule has 1 saturated heterocycles. The van der Waals surface area contributed by atoms with Crippen LogP contribution in [-0.2, 0) is 4.79 Å². The van der Waals surface area contributed by atoms with Gasteiger partial charge in [0.2, 0.25) is 0 Å². The molecule has 0 radical (unpaired) electrons. The number of amides is 1. The van der Waals surface area contributed by atoms with E-state index in [1.807, 2.05) is 25.1 Å². The molecule has 0 atom stereocenters. The minimum Gasteiger partial charge on any atom is -0.497 e. The predicted octanol–water partition coefficient (Wildman–Crippen LogP) is 2.53. The summed E-state index contributed by atoms with van der Waals surface area (Å²) in [6.45, 7) is 2.79. The monoisotopic (exact) mass is 339 g/mol. The molecule has 21 heavy (non-hydrogen) atoms. The SMILES string of the molecule is CCN1/C(=C2\SC(=S)N(N)C2=O)Sc2ccc(OC)cc21. The van der Waals surface area contributed by atoms with Crippen molar-refractivity contribution in [3.8, 4) is 5.75 Å². The molecule has 2 N–H and O–H groups in total. The first kappa shape index (κ1) is 14.7. The summed E-state index contributed by atoms with van der Waals surface area (Å²) in [4.78, 5) is 16.0. The van der Waals surface area contributed by atoms with E-state index in [1.165, 1.54) is 11.8 Å². The summed E-state index contributed by atoms with van der Waals surface area (Å²) >= 11 is 7.90. The molecule has 1 aromatic carbocycles. The van der Waals surface area contributed by atoms with Crippen molar-refractivity contribution in [2.45, 2.75) is 11.8 Å². The van der Waals surface area contributed by atoms with E-state index in [4.69, 9.17) is 22.8 Å². The highest BCUT2D eigenvalue weighted by Gasteiger charge is 2.37. The standard InChI is InChI=1S/C13H13N3O2S3/c1-3-15-8-6-7(18-2)4-5-9(8)20-12(15)10-11(17)16(14)13(19)21-10/h4-6H,3,14H2,1-2H3/b12-10+. The smallest absolute Gasteiger partial charge is 0.283 e. The molecule has 1 amide bonds. The normalized spacial score (nSPS) is 21.3. The largest absolute Gasteiger partial charge is 0.497 e. The molecule has 5 nitrogen and oxygen atoms in total. The van der Waals surface area contributed by atoms with E-state index in [2.05, 4.69) is 4.90 Å². The van der Waals surface area contributed by atoms with Crippen molar-refractivity contribution in [3.05, 3.63) is 28.1 Å². The summed E-state index contributed by atoms with van der Waals surface area (Å²) in [6.07, 6.45) is 0. The van der Waals surface area contributed by atoms with Crippen molar-refractivity contribution in [2.24, 2.45) is 5.84 Å². The van der Waals surface area contributed by atoms with Crippen molar-refractivity contribution in [2.75, 3.05) is 18.6 Å². The molecule has 1 fully saturated rings. The van der Waals surface area contributed by atoms with Gasteiger partial charge in [-0.15, -0.1) is 0 Å². The number of carbonyl (C=O) groups is 1. The number of ether oxygens (including phenoxy) is 1. The molecule has 0 bridgehead atoms. The fourth-order valence-electron chi connectivity index (χ4n) is 2.18. The quantitative estimate of drug-likeness (QED) is 0.384. The zero-order valence-electron chi connectivity index (χ0n) is 11.5. The molecule has 0 unspecified atom stereocenters. The third kappa shape index (κ3) is 2.32. The number of hydrazine groups is 1. The lowest BCUT2D eigenvalue weighted by Gasteiger charge is -2.19. The van der Waals surface area contributed by atoms with Gasteiger partial charge in [0.25, 0.3) is 5.91 Å². The zero-order chi connectivity index (χ0) is 15.1. The Bertz CT molecular complexity index is 675. The van der Waals surface area contributed by atoms with Crippen LogP contribution in [0.2, 0.25) is 0 Å². The fourth-order valence-corrected chi connectivity index (χ4v) is 4.64. The number of benzene rings is 1. The first-order valence-electron chi connectivity index (χ1n) is 6.25. The molecule has 0 aromatic heterocycles. The summed E-state index contributed by atoms with van der Waals surface area (Å²) in [5, 5.41) is 1.91. The van der Waals surface area contributed by atoms with Crippen molar-refractivity contribution in [1.82, 2.24) is 5.01 Å². The van der Waals surface area contributed by atoms with Crippen LogP contribution in [0.15, 0.2) is 33.0 Å². The lowest BCUT2D eigenvalue weighted by Crippen LogP contribution is -2.35. The molecular formula is C13H13N3O2S3. The Kier molecular flexibility index (Phi) is 3.87. The average Bonchev–Trinajstić information content (AvgIpc) is 2.98. The Morgan fingerprint density at radius 1 is 1.38 bits per heavy atom. The Balaban J connectivity index is 2.07. The van der Waals surface area contributed by atoms with Crippen LogP contribution in [0.25, 0.3) is 0 Å². The first-order valence-corrected chi connectivity index (χ1v) is 8.29. The van der Waals surface area contributed by atoms with Crippen LogP contribution in [0.4, 0.5) is 5.69 Å².